The lowest BCUT2D eigenvalue weighted by molar-refractivity contribution is 0.292. The van der Waals surface area contributed by atoms with Crippen LogP contribution in [0.15, 0.2) is 255 Å². The van der Waals surface area contributed by atoms with Gasteiger partial charge in [0, 0.05) is 0 Å². The molecule has 0 heterocycles. The van der Waals surface area contributed by atoms with Gasteiger partial charge < -0.3 is 9.05 Å². The van der Waals surface area contributed by atoms with Crippen LogP contribution in [0.5, 0.6) is 11.5 Å². The van der Waals surface area contributed by atoms with E-state index in [1.54, 1.807) is 0 Å². The lowest BCUT2D eigenvalue weighted by atomic mass is 10.1. The van der Waals surface area contributed by atoms with Crippen molar-refractivity contribution in [3.05, 3.63) is 266 Å². The maximum atomic E-state index is 15.3. The van der Waals surface area contributed by atoms with Gasteiger partial charge in [-0.25, -0.2) is 4.57 Å². The Hall–Kier alpha value is -7.06. The van der Waals surface area contributed by atoms with Crippen LogP contribution in [0.3, 0.4) is 0 Å². The maximum absolute atomic E-state index is 15.3. The smallest absolute Gasteiger partial charge is 0.395 e. The van der Waals surface area contributed by atoms with E-state index in [4.69, 9.17) is 9.05 Å². The van der Waals surface area contributed by atoms with Crippen molar-refractivity contribution < 1.29 is 18.5 Å². The second kappa shape index (κ2) is 18.2. The molecule has 0 saturated heterocycles. The zero-order valence-corrected chi connectivity index (χ0v) is 38.7. The summed E-state index contributed by atoms with van der Waals surface area (Å²) in [7, 11) is -11.5. The minimum atomic E-state index is -4.97. The molecule has 0 aromatic heterocycles. The number of benzene rings is 8. The summed E-state index contributed by atoms with van der Waals surface area (Å²) in [6.45, 7) is 0. The molecule has 0 amide bonds. The van der Waals surface area contributed by atoms with E-state index in [0.29, 0.717) is 11.5 Å². The van der Waals surface area contributed by atoms with Gasteiger partial charge in [-0.1, -0.05) is 243 Å². The minimum Gasteiger partial charge on any atom is -0.395 e. The molecule has 0 aliphatic heterocycles. The third-order valence-electron chi connectivity index (χ3n) is 12.7. The van der Waals surface area contributed by atoms with Gasteiger partial charge in [-0.2, -0.15) is 0 Å². The van der Waals surface area contributed by atoms with Crippen molar-refractivity contribution in [2.24, 2.45) is 0 Å². The fourth-order valence-corrected chi connectivity index (χ4v) is 20.7. The van der Waals surface area contributed by atoms with Gasteiger partial charge in [-0.3, -0.25) is 4.89 Å². The number of hydrogen-bond donors (Lipinski definition) is 1. The minimum absolute atomic E-state index is 0.299. The first-order valence-corrected chi connectivity index (χ1v) is 27.5. The van der Waals surface area contributed by atoms with Gasteiger partial charge in [0.25, 0.3) is 0 Å². The molecule has 7 heteroatoms. The molecule has 4 nitrogen and oxygen atoms in total. The van der Waals surface area contributed by atoms with E-state index < -0.39 is 24.0 Å². The Balaban J connectivity index is 1.19. The quantitative estimate of drug-likeness (QED) is 0.0675. The third kappa shape index (κ3) is 7.96. The molecule has 1 N–H and O–H groups in total. The van der Waals surface area contributed by atoms with Gasteiger partial charge in [-0.05, 0) is 88.7 Å². The van der Waals surface area contributed by atoms with Crippen molar-refractivity contribution in [3.63, 3.8) is 0 Å². The zero-order chi connectivity index (χ0) is 44.1. The Kier molecular flexibility index (Phi) is 11.7. The lowest BCUT2D eigenvalue weighted by Crippen LogP contribution is -2.75. The van der Waals surface area contributed by atoms with Crippen LogP contribution in [0.4, 0.5) is 0 Å². The van der Waals surface area contributed by atoms with E-state index in [9.17, 15) is 4.89 Å². The van der Waals surface area contributed by atoms with Gasteiger partial charge >= 0.3 is 7.82 Å². The van der Waals surface area contributed by atoms with Crippen molar-refractivity contribution in [1.29, 1.82) is 0 Å². The van der Waals surface area contributed by atoms with E-state index in [1.165, 1.54) is 11.1 Å². The van der Waals surface area contributed by atoms with Crippen LogP contribution in [0.1, 0.15) is 24.0 Å². The zero-order valence-electron chi connectivity index (χ0n) is 35.8. The predicted octanol–water partition coefficient (Wildman–Crippen LogP) is 8.69. The molecule has 316 valence electrons. The summed E-state index contributed by atoms with van der Waals surface area (Å²) in [6, 6.07) is 75.3. The van der Waals surface area contributed by atoms with Gasteiger partial charge in [-0.15, -0.1) is 0 Å². The van der Waals surface area contributed by atoms with E-state index >= 15 is 4.57 Å². The van der Waals surface area contributed by atoms with Crippen molar-refractivity contribution in [2.75, 3.05) is 0 Å². The average molecular weight is 895 g/mol. The third-order valence-corrected chi connectivity index (χ3v) is 23.2. The van der Waals surface area contributed by atoms with Crippen molar-refractivity contribution in [1.82, 2.24) is 0 Å². The summed E-state index contributed by atoms with van der Waals surface area (Å²) in [5, 5.41) is 8.39. The molecule has 2 aliphatic rings. The van der Waals surface area contributed by atoms with Crippen LogP contribution < -0.4 is 50.5 Å². The maximum Gasteiger partial charge on any atom is 0.584 e. The highest BCUT2D eigenvalue weighted by molar-refractivity contribution is 7.48. The summed E-state index contributed by atoms with van der Waals surface area (Å²) in [5.41, 5.74) is 4.40. The molecule has 0 spiro atoms. The first kappa shape index (κ1) is 41.9. The average Bonchev–Trinajstić information content (AvgIpc) is 4.12. The Morgan fingerprint density at radius 1 is 0.385 bits per heavy atom. The summed E-state index contributed by atoms with van der Waals surface area (Å²) in [5.74, 6) is 0.597. The first-order valence-electron chi connectivity index (χ1n) is 22.0. The molecule has 0 fully saturated rings. The molecule has 2 aliphatic carbocycles. The predicted molar refractivity (Wildman–Crippen MR) is 275 cm³/mol. The molecule has 65 heavy (non-hydrogen) atoms. The highest BCUT2D eigenvalue weighted by atomic mass is 31.2. The van der Waals surface area contributed by atoms with E-state index in [1.807, 2.05) is 60.7 Å². The van der Waals surface area contributed by atoms with Gasteiger partial charge in [0.1, 0.15) is 11.5 Å². The van der Waals surface area contributed by atoms with E-state index in [-0.39, 0.29) is 0 Å². The molecular weight excluding hydrogens is 848 g/mol. The SMILES string of the molecule is O=P(O)(Oc1ccc(C2=CC=CC2)cc1[Si](c1ccccc1)(c1ccccc1)c1ccccc1)Oc1ccc(C2=CC=CC2)cc1[Si](c1ccccc1)(c1ccccc1)c1ccccc1. The molecule has 0 atom stereocenters. The van der Waals surface area contributed by atoms with Gasteiger partial charge in [0.05, 0.1) is 0 Å². The Labute approximate surface area is 383 Å². The van der Waals surface area contributed by atoms with E-state index in [2.05, 4.69) is 194 Å². The summed E-state index contributed by atoms with van der Waals surface area (Å²) < 4.78 is 28.6. The standard InChI is InChI=1S/C58H47O4PSi2/c59-63(60,61-55-41-39-47(45-23-19-20-24-45)43-57(55)64(49-27-7-1-8-28-49,50-29-9-2-10-30-50)51-31-11-3-12-32-51)62-56-42-40-48(46-25-21-22-26-46)44-58(56)65(52-33-13-4-14-34-52,53-35-15-5-16-36-53)54-37-17-6-18-38-54/h1-23,25,27-44H,24,26H2,(H,59,60). The molecule has 0 radical (unpaired) electrons. The number of allylic oxidation sites excluding steroid dienone is 8. The number of hydrogen-bond acceptors (Lipinski definition) is 3. The van der Waals surface area contributed by atoms with Crippen LogP contribution in [0.2, 0.25) is 0 Å². The number of phosphoric ester groups is 1. The van der Waals surface area contributed by atoms with Crippen LogP contribution in [0, 0.1) is 0 Å². The Morgan fingerprint density at radius 2 is 0.662 bits per heavy atom. The fraction of sp³-hybridized carbons (Fsp3) is 0.0345. The molecule has 8 aromatic rings. The normalized spacial score (nSPS) is 13.6. The summed E-state index contributed by atoms with van der Waals surface area (Å²) >= 11 is 0. The Bertz CT molecular complexity index is 2710. The van der Waals surface area contributed by atoms with Crippen LogP contribution in [0.25, 0.3) is 11.1 Å². The highest BCUT2D eigenvalue weighted by Crippen LogP contribution is 2.45. The topological polar surface area (TPSA) is 55.8 Å². The lowest BCUT2D eigenvalue weighted by Gasteiger charge is -2.36. The van der Waals surface area contributed by atoms with Gasteiger partial charge in [0.15, 0.2) is 16.1 Å². The largest absolute Gasteiger partial charge is 0.584 e. The molecule has 0 bridgehead atoms. The molecule has 0 saturated carbocycles. The van der Waals surface area contributed by atoms with Crippen molar-refractivity contribution >= 4 is 76.6 Å². The molecule has 0 unspecified atom stereocenters. The summed E-state index contributed by atoms with van der Waals surface area (Å²) in [4.78, 5) is 12.5. The van der Waals surface area contributed by atoms with Crippen molar-refractivity contribution in [2.45, 2.75) is 12.8 Å². The van der Waals surface area contributed by atoms with Crippen LogP contribution in [-0.2, 0) is 4.57 Å². The monoisotopic (exact) mass is 894 g/mol. The van der Waals surface area contributed by atoms with Crippen molar-refractivity contribution in [3.8, 4) is 11.5 Å². The van der Waals surface area contributed by atoms with E-state index in [0.717, 1.165) is 65.5 Å². The van der Waals surface area contributed by atoms with Crippen LogP contribution in [-0.4, -0.2) is 21.0 Å². The molecular formula is C58H47O4PSi2. The fourth-order valence-electron chi connectivity index (χ4n) is 9.86. The first-order chi connectivity index (χ1) is 32.0. The van der Waals surface area contributed by atoms with Crippen LogP contribution >= 0.6 is 7.82 Å². The summed E-state index contributed by atoms with van der Waals surface area (Å²) in [6.07, 6.45) is 14.3. The number of rotatable bonds is 14. The molecule has 8 aromatic carbocycles. The second-order valence-corrected chi connectivity index (χ2v) is 25.3. The molecule has 10 rings (SSSR count). The Morgan fingerprint density at radius 3 is 0.908 bits per heavy atom. The second-order valence-electron chi connectivity index (χ2n) is 16.4. The number of phosphoric acid groups is 1. The highest BCUT2D eigenvalue weighted by Gasteiger charge is 2.47. The van der Waals surface area contributed by atoms with Gasteiger partial charge in [0.2, 0.25) is 0 Å².